The highest BCUT2D eigenvalue weighted by molar-refractivity contribution is 5.70. The highest BCUT2D eigenvalue weighted by atomic mass is 16.5. The fourth-order valence-corrected chi connectivity index (χ4v) is 3.41. The Labute approximate surface area is 222 Å². The van der Waals surface area contributed by atoms with Crippen molar-refractivity contribution in [2.24, 2.45) is 0 Å². The molecule has 0 saturated carbocycles. The van der Waals surface area contributed by atoms with Gasteiger partial charge in [0.25, 0.3) is 0 Å². The van der Waals surface area contributed by atoms with E-state index in [0.717, 1.165) is 25.7 Å². The first-order chi connectivity index (χ1) is 17.6. The summed E-state index contributed by atoms with van der Waals surface area (Å²) in [5.41, 5.74) is 1.17. The molecular weight excluding hydrogens is 448 g/mol. The average molecular weight is 503 g/mol. The minimum Gasteiger partial charge on any atom is -0.466 e. The molecule has 4 heteroatoms. The van der Waals surface area contributed by atoms with E-state index >= 15 is 0 Å². The van der Waals surface area contributed by atoms with Crippen LogP contribution in [0, 0.1) is 0 Å². The van der Waals surface area contributed by atoms with Gasteiger partial charge in [-0.15, -0.1) is 13.2 Å². The number of unbranched alkanes of at least 4 members (excludes halogenated alkanes) is 11. The number of hydrogen-bond donors (Lipinski definition) is 0. The quantitative estimate of drug-likeness (QED) is 0.101. The van der Waals surface area contributed by atoms with E-state index in [0.29, 0.717) is 38.9 Å². The van der Waals surface area contributed by atoms with Crippen LogP contribution in [0.2, 0.25) is 0 Å². The Morgan fingerprint density at radius 1 is 0.639 bits per heavy atom. The van der Waals surface area contributed by atoms with Crippen LogP contribution in [0.25, 0.3) is 6.08 Å². The van der Waals surface area contributed by atoms with Gasteiger partial charge in [-0.05, 0) is 31.2 Å². The predicted molar refractivity (Wildman–Crippen MR) is 155 cm³/mol. The van der Waals surface area contributed by atoms with Crippen LogP contribution in [0.5, 0.6) is 0 Å². The zero-order chi connectivity index (χ0) is 27.1. The minimum atomic E-state index is -0.140. The molecule has 0 bridgehead atoms. The molecule has 1 rings (SSSR count). The molecule has 0 heterocycles. The number of rotatable bonds is 20. The van der Waals surface area contributed by atoms with E-state index < -0.39 is 0 Å². The van der Waals surface area contributed by atoms with Gasteiger partial charge in [0.1, 0.15) is 0 Å². The van der Waals surface area contributed by atoms with Crippen molar-refractivity contribution < 1.29 is 19.1 Å². The molecule has 0 radical (unpaired) electrons. The van der Waals surface area contributed by atoms with Crippen molar-refractivity contribution >= 4 is 18.0 Å². The third kappa shape index (κ3) is 27.9. The van der Waals surface area contributed by atoms with Gasteiger partial charge in [-0.3, -0.25) is 9.59 Å². The third-order valence-electron chi connectivity index (χ3n) is 5.57. The number of hydrogen-bond acceptors (Lipinski definition) is 4. The van der Waals surface area contributed by atoms with Gasteiger partial charge < -0.3 is 9.47 Å². The van der Waals surface area contributed by atoms with Gasteiger partial charge in [0.2, 0.25) is 0 Å². The summed E-state index contributed by atoms with van der Waals surface area (Å²) in [6, 6.07) is 10.0. The number of ether oxygens (including phenoxy) is 2. The third-order valence-corrected chi connectivity index (χ3v) is 5.57. The Hall–Kier alpha value is -2.36. The average Bonchev–Trinajstić information content (AvgIpc) is 2.92. The molecule has 0 saturated heterocycles. The molecule has 0 aliphatic rings. The van der Waals surface area contributed by atoms with E-state index in [9.17, 15) is 9.59 Å². The van der Waals surface area contributed by atoms with E-state index in [2.05, 4.69) is 33.6 Å². The van der Waals surface area contributed by atoms with E-state index in [1.54, 1.807) is 0 Å². The Kier molecular flexibility index (Phi) is 30.5. The number of esters is 2. The Morgan fingerprint density at radius 2 is 1.03 bits per heavy atom. The van der Waals surface area contributed by atoms with Gasteiger partial charge in [0.15, 0.2) is 0 Å². The molecule has 0 fully saturated rings. The van der Waals surface area contributed by atoms with Crippen molar-refractivity contribution in [2.75, 3.05) is 13.2 Å². The lowest BCUT2D eigenvalue weighted by Gasteiger charge is -2.06. The molecule has 0 aliphatic heterocycles. The van der Waals surface area contributed by atoms with E-state index in [4.69, 9.17) is 9.47 Å². The van der Waals surface area contributed by atoms with Crippen LogP contribution in [-0.2, 0) is 19.1 Å². The van der Waals surface area contributed by atoms with Crippen LogP contribution in [0.1, 0.15) is 122 Å². The summed E-state index contributed by atoms with van der Waals surface area (Å²) in [7, 11) is 0. The van der Waals surface area contributed by atoms with Gasteiger partial charge in [0, 0.05) is 12.8 Å². The van der Waals surface area contributed by atoms with Crippen LogP contribution in [0.15, 0.2) is 50.1 Å². The predicted octanol–water partition coefficient (Wildman–Crippen LogP) is 9.49. The molecule has 0 amide bonds. The smallest absolute Gasteiger partial charge is 0.305 e. The Morgan fingerprint density at radius 3 is 1.39 bits per heavy atom. The summed E-state index contributed by atoms with van der Waals surface area (Å²) < 4.78 is 10.4. The maximum absolute atomic E-state index is 11.6. The van der Waals surface area contributed by atoms with Gasteiger partial charge in [-0.2, -0.15) is 0 Å². The highest BCUT2D eigenvalue weighted by Crippen LogP contribution is 2.08. The molecule has 1 aromatic carbocycles. The summed E-state index contributed by atoms with van der Waals surface area (Å²) >= 11 is 0. The van der Waals surface area contributed by atoms with Crippen molar-refractivity contribution in [1.82, 2.24) is 0 Å². The molecular formula is C32H54O4. The fraction of sp³-hybridized carbons (Fsp3) is 0.625. The first kappa shape index (κ1) is 35.8. The fourth-order valence-electron chi connectivity index (χ4n) is 3.41. The molecule has 1 aromatic rings. The monoisotopic (exact) mass is 502 g/mol. The Balaban J connectivity index is 0. The second-order valence-electron chi connectivity index (χ2n) is 8.80. The molecule has 206 valence electrons. The van der Waals surface area contributed by atoms with Gasteiger partial charge in [-0.1, -0.05) is 121 Å². The molecule has 0 atom stereocenters. The van der Waals surface area contributed by atoms with Crippen molar-refractivity contribution in [1.29, 1.82) is 0 Å². The van der Waals surface area contributed by atoms with Crippen molar-refractivity contribution in [3.8, 4) is 0 Å². The SMILES string of the molecule is C=C.C=Cc1ccccc1.CCCCCCCCOC(=O)CCCCC(=O)OCCCCCCCC. The van der Waals surface area contributed by atoms with E-state index in [1.807, 2.05) is 36.4 Å². The van der Waals surface area contributed by atoms with Crippen LogP contribution in [0.3, 0.4) is 0 Å². The molecule has 0 unspecified atom stereocenters. The lowest BCUT2D eigenvalue weighted by atomic mass is 10.1. The molecule has 0 spiro atoms. The summed E-state index contributed by atoms with van der Waals surface area (Å²) in [4.78, 5) is 23.2. The van der Waals surface area contributed by atoms with Crippen molar-refractivity contribution in [3.05, 3.63) is 55.6 Å². The zero-order valence-electron chi connectivity index (χ0n) is 23.4. The summed E-state index contributed by atoms with van der Waals surface area (Å²) in [6.45, 7) is 15.1. The van der Waals surface area contributed by atoms with Crippen molar-refractivity contribution in [2.45, 2.75) is 117 Å². The second-order valence-corrected chi connectivity index (χ2v) is 8.80. The van der Waals surface area contributed by atoms with Crippen LogP contribution in [-0.4, -0.2) is 25.2 Å². The number of carbonyl (C=O) groups excluding carboxylic acids is 2. The molecule has 0 aliphatic carbocycles. The number of benzene rings is 1. The standard InChI is InChI=1S/C22H42O4.C8H8.C2H4/c1-3-5-7-9-11-15-19-25-21(23)17-13-14-18-22(24)26-20-16-12-10-8-6-4-2;1-2-8-6-4-3-5-7-8;1-2/h3-20H2,1-2H3;2-7H,1H2;1-2H2. The largest absolute Gasteiger partial charge is 0.466 e. The zero-order valence-corrected chi connectivity index (χ0v) is 23.4. The first-order valence-electron chi connectivity index (χ1n) is 14.1. The second kappa shape index (κ2) is 30.7. The lowest BCUT2D eigenvalue weighted by Crippen LogP contribution is -2.08. The Bertz CT molecular complexity index is 580. The van der Waals surface area contributed by atoms with Gasteiger partial charge in [0.05, 0.1) is 13.2 Å². The summed E-state index contributed by atoms with van der Waals surface area (Å²) in [6.07, 6.45) is 18.3. The lowest BCUT2D eigenvalue weighted by molar-refractivity contribution is -0.146. The van der Waals surface area contributed by atoms with Gasteiger partial charge in [-0.25, -0.2) is 0 Å². The summed E-state index contributed by atoms with van der Waals surface area (Å²) in [5, 5.41) is 0. The molecule has 4 nitrogen and oxygen atoms in total. The maximum Gasteiger partial charge on any atom is 0.305 e. The normalized spacial score (nSPS) is 9.72. The van der Waals surface area contributed by atoms with Crippen LogP contribution < -0.4 is 0 Å². The first-order valence-corrected chi connectivity index (χ1v) is 14.1. The topological polar surface area (TPSA) is 52.6 Å². The van der Waals surface area contributed by atoms with Crippen LogP contribution >= 0.6 is 0 Å². The highest BCUT2D eigenvalue weighted by Gasteiger charge is 2.06. The molecule has 36 heavy (non-hydrogen) atoms. The number of carbonyl (C=O) groups is 2. The van der Waals surface area contributed by atoms with Crippen LogP contribution in [0.4, 0.5) is 0 Å². The van der Waals surface area contributed by atoms with E-state index in [-0.39, 0.29) is 11.9 Å². The minimum absolute atomic E-state index is 0.140. The summed E-state index contributed by atoms with van der Waals surface area (Å²) in [5.74, 6) is -0.280. The maximum atomic E-state index is 11.6. The molecule has 0 aromatic heterocycles. The molecule has 0 N–H and O–H groups in total. The van der Waals surface area contributed by atoms with Gasteiger partial charge >= 0.3 is 11.9 Å². The van der Waals surface area contributed by atoms with Crippen molar-refractivity contribution in [3.63, 3.8) is 0 Å². The van der Waals surface area contributed by atoms with E-state index in [1.165, 1.54) is 56.9 Å².